The molecule has 1 aromatic rings. The zero-order valence-corrected chi connectivity index (χ0v) is 21.0. The van der Waals surface area contributed by atoms with Crippen LogP contribution in [0.4, 0.5) is 0 Å². The number of rotatable bonds is 11. The first-order valence-electron chi connectivity index (χ1n) is 10.8. The maximum absolute atomic E-state index is 12.5. The summed E-state index contributed by atoms with van der Waals surface area (Å²) in [6, 6.07) is 0. The number of allylic oxidation sites excluding steroid dienone is 6. The second kappa shape index (κ2) is 13.0. The summed E-state index contributed by atoms with van der Waals surface area (Å²) in [5.74, 6) is 0.268. The van der Waals surface area contributed by atoms with Gasteiger partial charge >= 0.3 is 0 Å². The molecule has 0 saturated carbocycles. The normalized spacial score (nSPS) is 15.2. The maximum atomic E-state index is 12.5. The van der Waals surface area contributed by atoms with Crippen LogP contribution in [0.2, 0.25) is 0 Å². The standard InChI is InChI=1S/C26H39NO5/c1-10-19(4)24(30-7)20(5)16-18(3)13-11-12-17(2)14-15-22-21(6)23(28)25(31-8)26(32-9)27(22)29/h10-11,13-14,16,20,24,29H,12,15H2,1-9H3/b13-11+,17-14+,18-16+,19-10+/t20-,24+/m1/s1. The number of hydrogen-bond acceptors (Lipinski definition) is 5. The second-order valence-corrected chi connectivity index (χ2v) is 8.08. The molecule has 0 unspecified atom stereocenters. The Morgan fingerprint density at radius 3 is 2.34 bits per heavy atom. The molecule has 1 heterocycles. The summed E-state index contributed by atoms with van der Waals surface area (Å²) in [5, 5.41) is 10.5. The number of hydrogen-bond donors (Lipinski definition) is 1. The van der Waals surface area contributed by atoms with Crippen LogP contribution in [0.1, 0.15) is 52.3 Å². The van der Waals surface area contributed by atoms with E-state index in [2.05, 4.69) is 45.1 Å². The van der Waals surface area contributed by atoms with Gasteiger partial charge in [-0.2, -0.15) is 4.73 Å². The summed E-state index contributed by atoms with van der Waals surface area (Å²) < 4.78 is 16.8. The number of ether oxygens (including phenoxy) is 3. The molecule has 6 nitrogen and oxygen atoms in total. The molecular formula is C26H39NO5. The van der Waals surface area contributed by atoms with Crippen molar-refractivity contribution in [1.82, 2.24) is 4.73 Å². The molecule has 0 spiro atoms. The van der Waals surface area contributed by atoms with Crippen LogP contribution in [0.5, 0.6) is 11.6 Å². The fourth-order valence-corrected chi connectivity index (χ4v) is 3.70. The van der Waals surface area contributed by atoms with E-state index in [4.69, 9.17) is 14.2 Å². The Balaban J connectivity index is 2.92. The van der Waals surface area contributed by atoms with Gasteiger partial charge in [0.25, 0.3) is 5.88 Å². The highest BCUT2D eigenvalue weighted by Crippen LogP contribution is 2.25. The lowest BCUT2D eigenvalue weighted by atomic mass is 9.95. The first kappa shape index (κ1) is 27.3. The molecule has 0 aromatic carbocycles. The lowest BCUT2D eigenvalue weighted by Gasteiger charge is -2.21. The van der Waals surface area contributed by atoms with Gasteiger partial charge in [0.2, 0.25) is 11.2 Å². The van der Waals surface area contributed by atoms with Gasteiger partial charge in [-0.25, -0.2) is 0 Å². The number of pyridine rings is 1. The van der Waals surface area contributed by atoms with Crippen molar-refractivity contribution in [2.75, 3.05) is 21.3 Å². The van der Waals surface area contributed by atoms with Crippen LogP contribution >= 0.6 is 0 Å². The predicted molar refractivity (Wildman–Crippen MR) is 130 cm³/mol. The summed E-state index contributed by atoms with van der Waals surface area (Å²) in [5.41, 5.74) is 4.15. The summed E-state index contributed by atoms with van der Waals surface area (Å²) in [7, 11) is 4.51. The summed E-state index contributed by atoms with van der Waals surface area (Å²) in [6.07, 6.45) is 11.8. The van der Waals surface area contributed by atoms with Crippen molar-refractivity contribution < 1.29 is 19.4 Å². The smallest absolute Gasteiger partial charge is 0.274 e. The van der Waals surface area contributed by atoms with Crippen molar-refractivity contribution in [3.63, 3.8) is 0 Å². The fourth-order valence-electron chi connectivity index (χ4n) is 3.70. The van der Waals surface area contributed by atoms with E-state index in [1.165, 1.54) is 25.4 Å². The third-order valence-electron chi connectivity index (χ3n) is 5.65. The summed E-state index contributed by atoms with van der Waals surface area (Å²) in [6.45, 7) is 12.1. The molecule has 1 rings (SSSR count). The van der Waals surface area contributed by atoms with Crippen molar-refractivity contribution in [3.05, 3.63) is 68.6 Å². The first-order chi connectivity index (χ1) is 15.1. The van der Waals surface area contributed by atoms with Crippen molar-refractivity contribution in [3.8, 4) is 11.6 Å². The van der Waals surface area contributed by atoms with Gasteiger partial charge in [-0.1, -0.05) is 48.5 Å². The average molecular weight is 446 g/mol. The van der Waals surface area contributed by atoms with Crippen molar-refractivity contribution in [1.29, 1.82) is 0 Å². The molecule has 2 atom stereocenters. The van der Waals surface area contributed by atoms with Crippen molar-refractivity contribution in [2.45, 2.75) is 60.5 Å². The van der Waals surface area contributed by atoms with E-state index >= 15 is 0 Å². The molecule has 0 fully saturated rings. The van der Waals surface area contributed by atoms with Gasteiger partial charge in [0.1, 0.15) is 0 Å². The van der Waals surface area contributed by atoms with Crippen LogP contribution in [0, 0.1) is 12.8 Å². The number of methoxy groups -OCH3 is 3. The summed E-state index contributed by atoms with van der Waals surface area (Å²) in [4.78, 5) is 12.5. The minimum atomic E-state index is -0.284. The average Bonchev–Trinajstić information content (AvgIpc) is 2.76. The Kier molecular flexibility index (Phi) is 11.1. The molecule has 6 heteroatoms. The number of aromatic nitrogens is 1. The topological polar surface area (TPSA) is 69.9 Å². The van der Waals surface area contributed by atoms with E-state index in [1.54, 1.807) is 14.0 Å². The van der Waals surface area contributed by atoms with Gasteiger partial charge in [0.15, 0.2) is 0 Å². The van der Waals surface area contributed by atoms with Crippen LogP contribution < -0.4 is 14.9 Å². The first-order valence-corrected chi connectivity index (χ1v) is 10.8. The van der Waals surface area contributed by atoms with Crippen molar-refractivity contribution in [2.24, 2.45) is 5.92 Å². The largest absolute Gasteiger partial charge is 0.488 e. The Morgan fingerprint density at radius 1 is 1.16 bits per heavy atom. The maximum Gasteiger partial charge on any atom is 0.274 e. The quantitative estimate of drug-likeness (QED) is 0.280. The molecule has 0 radical (unpaired) electrons. The molecule has 0 amide bonds. The Hall–Kier alpha value is -2.73. The van der Waals surface area contributed by atoms with Crippen LogP contribution in [0.3, 0.4) is 0 Å². The van der Waals surface area contributed by atoms with Crippen LogP contribution in [-0.4, -0.2) is 37.4 Å². The predicted octanol–water partition coefficient (Wildman–Crippen LogP) is 5.41. The molecule has 32 heavy (non-hydrogen) atoms. The van der Waals surface area contributed by atoms with Crippen LogP contribution in [0.25, 0.3) is 0 Å². The van der Waals surface area contributed by atoms with Crippen molar-refractivity contribution >= 4 is 0 Å². The molecule has 0 aliphatic rings. The van der Waals surface area contributed by atoms with E-state index in [1.807, 2.05) is 19.9 Å². The van der Waals surface area contributed by atoms with Gasteiger partial charge in [0, 0.05) is 25.0 Å². The number of nitrogens with zero attached hydrogens (tertiary/aromatic N) is 1. The highest BCUT2D eigenvalue weighted by Gasteiger charge is 2.20. The molecule has 0 saturated heterocycles. The zero-order chi connectivity index (χ0) is 24.4. The monoisotopic (exact) mass is 445 g/mol. The Bertz CT molecular complexity index is 950. The second-order valence-electron chi connectivity index (χ2n) is 8.08. The molecule has 1 aromatic heterocycles. The SMILES string of the molecule is C/C=C(\C)[C@H](OC)[C@H](C)/C=C(C)/C=C/C/C(C)=C/Cc1c(C)c(=O)c(OC)c(OC)n1O. The zero-order valence-electron chi connectivity index (χ0n) is 21.0. The fraction of sp³-hybridized carbons (Fsp3) is 0.500. The molecule has 0 bridgehead atoms. The van der Waals surface area contributed by atoms with Gasteiger partial charge in [0.05, 0.1) is 26.0 Å². The van der Waals surface area contributed by atoms with E-state index in [0.717, 1.165) is 16.7 Å². The van der Waals surface area contributed by atoms with E-state index in [-0.39, 0.29) is 29.1 Å². The van der Waals surface area contributed by atoms with Gasteiger partial charge in [-0.15, -0.1) is 0 Å². The third-order valence-corrected chi connectivity index (χ3v) is 5.65. The minimum Gasteiger partial charge on any atom is -0.488 e. The van der Waals surface area contributed by atoms with Crippen LogP contribution in [-0.2, 0) is 11.2 Å². The molecule has 1 N–H and O–H groups in total. The third kappa shape index (κ3) is 6.89. The molecule has 0 aliphatic heterocycles. The van der Waals surface area contributed by atoms with Gasteiger partial charge < -0.3 is 19.4 Å². The molecule has 0 aliphatic carbocycles. The lowest BCUT2D eigenvalue weighted by Crippen LogP contribution is -2.20. The van der Waals surface area contributed by atoms with E-state index in [9.17, 15) is 10.0 Å². The summed E-state index contributed by atoms with van der Waals surface area (Å²) >= 11 is 0. The lowest BCUT2D eigenvalue weighted by molar-refractivity contribution is 0.103. The van der Waals surface area contributed by atoms with Gasteiger partial charge in [-0.3, -0.25) is 4.79 Å². The highest BCUT2D eigenvalue weighted by molar-refractivity contribution is 5.41. The van der Waals surface area contributed by atoms with E-state index < -0.39 is 0 Å². The Morgan fingerprint density at radius 2 is 1.81 bits per heavy atom. The van der Waals surface area contributed by atoms with Crippen LogP contribution in [0.15, 0.2) is 51.9 Å². The van der Waals surface area contributed by atoms with E-state index in [0.29, 0.717) is 17.7 Å². The molecule has 178 valence electrons. The minimum absolute atomic E-state index is 0.00134. The Labute approximate surface area is 192 Å². The molecular weight excluding hydrogens is 406 g/mol. The highest BCUT2D eigenvalue weighted by atomic mass is 16.6. The van der Waals surface area contributed by atoms with Gasteiger partial charge in [-0.05, 0) is 46.6 Å².